The number of hydrogen-bond acceptors (Lipinski definition) is 4. The van der Waals surface area contributed by atoms with E-state index < -0.39 is 17.1 Å². The van der Waals surface area contributed by atoms with Gasteiger partial charge in [0.2, 0.25) is 0 Å². The zero-order valence-corrected chi connectivity index (χ0v) is 14.1. The number of carboxylic acid groups (broad SMARTS) is 1. The Morgan fingerprint density at radius 2 is 1.77 bits per heavy atom. The standard InChI is InChI=1S/C16H28N2O4/c1-12-5-7-18(8-6-12)16(9-13(19)20)10-17(11-16)14(21)22-15(2,3)4/h12H,5-11H2,1-4H3,(H,19,20). The Balaban J connectivity index is 1.99. The van der Waals surface area contributed by atoms with Gasteiger partial charge < -0.3 is 14.7 Å². The van der Waals surface area contributed by atoms with Gasteiger partial charge in [0.25, 0.3) is 0 Å². The van der Waals surface area contributed by atoms with Crippen LogP contribution in [0.3, 0.4) is 0 Å². The van der Waals surface area contributed by atoms with Crippen molar-refractivity contribution < 1.29 is 19.4 Å². The number of ether oxygens (including phenoxy) is 1. The number of hydrogen-bond donors (Lipinski definition) is 1. The van der Waals surface area contributed by atoms with Crippen molar-refractivity contribution >= 4 is 12.1 Å². The monoisotopic (exact) mass is 312 g/mol. The Labute approximate surface area is 132 Å². The van der Waals surface area contributed by atoms with E-state index in [1.54, 1.807) is 4.90 Å². The van der Waals surface area contributed by atoms with Gasteiger partial charge in [-0.25, -0.2) is 4.79 Å². The minimum atomic E-state index is -0.803. The molecule has 0 unspecified atom stereocenters. The van der Waals surface area contributed by atoms with E-state index >= 15 is 0 Å². The molecular weight excluding hydrogens is 284 g/mol. The summed E-state index contributed by atoms with van der Waals surface area (Å²) >= 11 is 0. The van der Waals surface area contributed by atoms with E-state index in [4.69, 9.17) is 4.74 Å². The van der Waals surface area contributed by atoms with E-state index in [1.807, 2.05) is 20.8 Å². The third kappa shape index (κ3) is 3.91. The molecule has 1 N–H and O–H groups in total. The van der Waals surface area contributed by atoms with Gasteiger partial charge in [-0.2, -0.15) is 0 Å². The first-order chi connectivity index (χ1) is 10.1. The maximum Gasteiger partial charge on any atom is 0.410 e. The second-order valence-electron chi connectivity index (χ2n) is 7.80. The summed E-state index contributed by atoms with van der Waals surface area (Å²) in [4.78, 5) is 27.2. The molecule has 6 nitrogen and oxygen atoms in total. The van der Waals surface area contributed by atoms with Crippen LogP contribution in [0.2, 0.25) is 0 Å². The van der Waals surface area contributed by atoms with Crippen LogP contribution in [0.1, 0.15) is 47.0 Å². The highest BCUT2D eigenvalue weighted by Gasteiger charge is 2.51. The van der Waals surface area contributed by atoms with Crippen LogP contribution in [0.5, 0.6) is 0 Å². The van der Waals surface area contributed by atoms with Crippen LogP contribution in [0.15, 0.2) is 0 Å². The lowest BCUT2D eigenvalue weighted by Gasteiger charge is -2.56. The predicted octanol–water partition coefficient (Wildman–Crippen LogP) is 2.18. The number of likely N-dealkylation sites (tertiary alicyclic amines) is 2. The topological polar surface area (TPSA) is 70.1 Å². The van der Waals surface area contributed by atoms with E-state index in [-0.39, 0.29) is 12.5 Å². The number of carbonyl (C=O) groups is 2. The van der Waals surface area contributed by atoms with Crippen molar-refractivity contribution in [1.29, 1.82) is 0 Å². The molecule has 22 heavy (non-hydrogen) atoms. The van der Waals surface area contributed by atoms with Gasteiger partial charge in [0.1, 0.15) is 5.60 Å². The summed E-state index contributed by atoms with van der Waals surface area (Å²) in [5.41, 5.74) is -0.939. The fraction of sp³-hybridized carbons (Fsp3) is 0.875. The first-order valence-corrected chi connectivity index (χ1v) is 8.06. The maximum atomic E-state index is 12.1. The van der Waals surface area contributed by atoms with E-state index in [9.17, 15) is 14.7 Å². The van der Waals surface area contributed by atoms with Crippen LogP contribution in [0, 0.1) is 5.92 Å². The molecule has 0 atom stereocenters. The third-order valence-electron chi connectivity index (χ3n) is 4.56. The van der Waals surface area contributed by atoms with E-state index in [0.717, 1.165) is 25.9 Å². The molecule has 126 valence electrons. The van der Waals surface area contributed by atoms with Crippen LogP contribution in [0.4, 0.5) is 4.79 Å². The molecule has 0 aromatic heterocycles. The predicted molar refractivity (Wildman–Crippen MR) is 82.8 cm³/mol. The number of aliphatic carboxylic acids is 1. The average molecular weight is 312 g/mol. The van der Waals surface area contributed by atoms with Gasteiger partial charge in [0.05, 0.1) is 12.0 Å². The van der Waals surface area contributed by atoms with Gasteiger partial charge in [-0.15, -0.1) is 0 Å². The molecule has 0 radical (unpaired) electrons. The average Bonchev–Trinajstić information content (AvgIpc) is 2.31. The summed E-state index contributed by atoms with van der Waals surface area (Å²) in [6.45, 7) is 10.5. The van der Waals surface area contributed by atoms with Crippen molar-refractivity contribution in [2.45, 2.75) is 58.1 Å². The summed E-state index contributed by atoms with van der Waals surface area (Å²) in [6.07, 6.45) is 1.92. The lowest BCUT2D eigenvalue weighted by molar-refractivity contribution is -0.146. The molecule has 2 aliphatic rings. The number of rotatable bonds is 3. The molecular formula is C16H28N2O4. The molecule has 0 saturated carbocycles. The second-order valence-corrected chi connectivity index (χ2v) is 7.80. The molecule has 0 aromatic carbocycles. The minimum absolute atomic E-state index is 0.0840. The number of amides is 1. The molecule has 0 aromatic rings. The lowest BCUT2D eigenvalue weighted by atomic mass is 9.82. The van der Waals surface area contributed by atoms with Crippen molar-refractivity contribution in [1.82, 2.24) is 9.80 Å². The quantitative estimate of drug-likeness (QED) is 0.865. The lowest BCUT2D eigenvalue weighted by Crippen LogP contribution is -2.72. The van der Waals surface area contributed by atoms with Gasteiger partial charge in [-0.3, -0.25) is 9.69 Å². The zero-order chi connectivity index (χ0) is 16.5. The normalized spacial score (nSPS) is 23.0. The van der Waals surface area contributed by atoms with Crippen LogP contribution in [-0.2, 0) is 9.53 Å². The molecule has 0 spiro atoms. The first-order valence-electron chi connectivity index (χ1n) is 8.06. The number of piperidine rings is 1. The van der Waals surface area contributed by atoms with Crippen LogP contribution in [0.25, 0.3) is 0 Å². The van der Waals surface area contributed by atoms with Gasteiger partial charge in [0.15, 0.2) is 0 Å². The first kappa shape index (κ1) is 17.1. The van der Waals surface area contributed by atoms with Crippen molar-refractivity contribution in [2.24, 2.45) is 5.92 Å². The number of nitrogens with zero attached hydrogens (tertiary/aromatic N) is 2. The SMILES string of the molecule is CC1CCN(C2(CC(=O)O)CN(C(=O)OC(C)(C)C)C2)CC1. The van der Waals surface area contributed by atoms with Gasteiger partial charge >= 0.3 is 12.1 Å². The van der Waals surface area contributed by atoms with Crippen molar-refractivity contribution in [3.05, 3.63) is 0 Å². The molecule has 2 rings (SSSR count). The highest BCUT2D eigenvalue weighted by atomic mass is 16.6. The smallest absolute Gasteiger partial charge is 0.410 e. The van der Waals surface area contributed by atoms with Gasteiger partial charge in [-0.05, 0) is 52.6 Å². The van der Waals surface area contributed by atoms with Crippen LogP contribution >= 0.6 is 0 Å². The van der Waals surface area contributed by atoms with Gasteiger partial charge in [-0.1, -0.05) is 6.92 Å². The summed E-state index contributed by atoms with van der Waals surface area (Å²) < 4.78 is 5.37. The Hall–Kier alpha value is -1.30. The zero-order valence-electron chi connectivity index (χ0n) is 14.1. The summed E-state index contributed by atoms with van der Waals surface area (Å²) in [5.74, 6) is -0.109. The van der Waals surface area contributed by atoms with Crippen LogP contribution < -0.4 is 0 Å². The molecule has 0 bridgehead atoms. The van der Waals surface area contributed by atoms with Gasteiger partial charge in [0, 0.05) is 13.1 Å². The fourth-order valence-electron chi connectivity index (χ4n) is 3.31. The highest BCUT2D eigenvalue weighted by Crippen LogP contribution is 2.35. The Kier molecular flexibility index (Phi) is 4.70. The van der Waals surface area contributed by atoms with Crippen molar-refractivity contribution in [2.75, 3.05) is 26.2 Å². The van der Waals surface area contributed by atoms with E-state index in [0.29, 0.717) is 19.0 Å². The highest BCUT2D eigenvalue weighted by molar-refractivity contribution is 5.73. The molecule has 2 heterocycles. The maximum absolute atomic E-state index is 12.1. The molecule has 6 heteroatoms. The molecule has 2 aliphatic heterocycles. The van der Waals surface area contributed by atoms with E-state index in [1.165, 1.54) is 0 Å². The summed E-state index contributed by atoms with van der Waals surface area (Å²) in [7, 11) is 0. The van der Waals surface area contributed by atoms with Crippen molar-refractivity contribution in [3.63, 3.8) is 0 Å². The molecule has 2 fully saturated rings. The third-order valence-corrected chi connectivity index (χ3v) is 4.56. The Morgan fingerprint density at radius 1 is 1.23 bits per heavy atom. The van der Waals surface area contributed by atoms with Crippen LogP contribution in [-0.4, -0.2) is 64.3 Å². The van der Waals surface area contributed by atoms with E-state index in [2.05, 4.69) is 11.8 Å². The number of carboxylic acids is 1. The Bertz CT molecular complexity index is 430. The largest absolute Gasteiger partial charge is 0.481 e. The summed E-state index contributed by atoms with van der Waals surface area (Å²) in [6, 6.07) is 0. The minimum Gasteiger partial charge on any atom is -0.481 e. The molecule has 2 saturated heterocycles. The fourth-order valence-corrected chi connectivity index (χ4v) is 3.31. The Morgan fingerprint density at radius 3 is 2.23 bits per heavy atom. The molecule has 1 amide bonds. The summed E-state index contributed by atoms with van der Waals surface area (Å²) in [5, 5.41) is 9.25. The van der Waals surface area contributed by atoms with Crippen molar-refractivity contribution in [3.8, 4) is 0 Å². The molecule has 0 aliphatic carbocycles. The second kappa shape index (κ2) is 6.07. The number of carbonyl (C=O) groups excluding carboxylic acids is 1.